The maximum Gasteiger partial charge on any atom is 0.279 e. The fraction of sp³-hybridized carbons (Fsp3) is 0.350. The summed E-state index contributed by atoms with van der Waals surface area (Å²) in [6.07, 6.45) is 3.29. The monoisotopic (exact) mass is 354 g/mol. The van der Waals surface area contributed by atoms with E-state index in [1.165, 1.54) is 23.3 Å². The van der Waals surface area contributed by atoms with Gasteiger partial charge in [-0.3, -0.25) is 14.9 Å². The van der Waals surface area contributed by atoms with Gasteiger partial charge in [-0.05, 0) is 30.9 Å². The molecule has 0 aliphatic heterocycles. The lowest BCUT2D eigenvalue weighted by atomic mass is 9.87. The highest BCUT2D eigenvalue weighted by atomic mass is 16.6. The van der Waals surface area contributed by atoms with E-state index in [0.717, 1.165) is 29.7 Å². The molecule has 0 saturated carbocycles. The Labute approximate surface area is 153 Å². The number of nitrogens with one attached hydrogen (secondary N) is 2. The van der Waals surface area contributed by atoms with Crippen molar-refractivity contribution in [2.24, 2.45) is 0 Å². The number of aryl methyl sites for hydroxylation is 2. The number of rotatable bonds is 5. The number of nitro benzene ring substituents is 1. The molecule has 1 aliphatic rings. The van der Waals surface area contributed by atoms with Gasteiger partial charge in [0.2, 0.25) is 0 Å². The van der Waals surface area contributed by atoms with Crippen molar-refractivity contribution in [3.05, 3.63) is 69.3 Å². The molecule has 6 heteroatoms. The van der Waals surface area contributed by atoms with E-state index in [0.29, 0.717) is 18.3 Å². The number of nitrogens with zero attached hydrogens (tertiary/aromatic N) is 1. The normalized spacial score (nSPS) is 17.2. The molecule has 0 heterocycles. The first-order valence-corrected chi connectivity index (χ1v) is 8.90. The van der Waals surface area contributed by atoms with Crippen molar-refractivity contribution in [3.63, 3.8) is 0 Å². The summed E-state index contributed by atoms with van der Waals surface area (Å²) < 4.78 is 0. The summed E-state index contributed by atoms with van der Waals surface area (Å²) in [7, 11) is 2.03. The lowest BCUT2D eigenvalue weighted by Crippen LogP contribution is -3.10. The molecule has 0 fully saturated rings. The van der Waals surface area contributed by atoms with Gasteiger partial charge in [0.15, 0.2) is 6.54 Å². The van der Waals surface area contributed by atoms with Crippen LogP contribution in [0.4, 0.5) is 11.4 Å². The van der Waals surface area contributed by atoms with E-state index in [1.807, 2.05) is 14.0 Å². The molecule has 0 spiro atoms. The summed E-state index contributed by atoms with van der Waals surface area (Å²) in [5, 5.41) is 13.8. The summed E-state index contributed by atoms with van der Waals surface area (Å²) in [6.45, 7) is 2.15. The van der Waals surface area contributed by atoms with E-state index in [9.17, 15) is 14.9 Å². The van der Waals surface area contributed by atoms with E-state index >= 15 is 0 Å². The van der Waals surface area contributed by atoms with Crippen LogP contribution in [0.15, 0.2) is 42.5 Å². The average molecular weight is 354 g/mol. The fourth-order valence-electron chi connectivity index (χ4n) is 3.69. The quantitative estimate of drug-likeness (QED) is 0.639. The molecule has 0 aromatic heterocycles. The smallest absolute Gasteiger partial charge is 0.279 e. The van der Waals surface area contributed by atoms with Crippen molar-refractivity contribution in [2.75, 3.05) is 18.9 Å². The molecule has 2 N–H and O–H groups in total. The molecule has 3 rings (SSSR count). The summed E-state index contributed by atoms with van der Waals surface area (Å²) in [5.41, 5.74) is 3.99. The third-order valence-corrected chi connectivity index (χ3v) is 5.11. The van der Waals surface area contributed by atoms with Crippen molar-refractivity contribution in [1.29, 1.82) is 0 Å². The van der Waals surface area contributed by atoms with Crippen LogP contribution in [0.5, 0.6) is 0 Å². The van der Waals surface area contributed by atoms with Crippen molar-refractivity contribution >= 4 is 17.3 Å². The zero-order chi connectivity index (χ0) is 18.7. The number of fused-ring (bicyclic) bond motifs is 1. The summed E-state index contributed by atoms with van der Waals surface area (Å²) in [4.78, 5) is 24.1. The molecule has 1 aliphatic carbocycles. The van der Waals surface area contributed by atoms with Gasteiger partial charge in [0.05, 0.1) is 17.7 Å². The van der Waals surface area contributed by atoms with Crippen LogP contribution in [0, 0.1) is 17.0 Å². The van der Waals surface area contributed by atoms with Gasteiger partial charge in [-0.15, -0.1) is 0 Å². The minimum atomic E-state index is -0.453. The zero-order valence-corrected chi connectivity index (χ0v) is 15.1. The van der Waals surface area contributed by atoms with Gasteiger partial charge in [-0.1, -0.05) is 30.3 Å². The Hall–Kier alpha value is -2.73. The van der Waals surface area contributed by atoms with Gasteiger partial charge < -0.3 is 10.2 Å². The Morgan fingerprint density at radius 3 is 2.85 bits per heavy atom. The number of benzene rings is 2. The number of amides is 1. The van der Waals surface area contributed by atoms with Crippen LogP contribution < -0.4 is 10.2 Å². The van der Waals surface area contributed by atoms with Crippen LogP contribution in [0.25, 0.3) is 0 Å². The van der Waals surface area contributed by atoms with Gasteiger partial charge in [0.1, 0.15) is 6.04 Å². The Bertz CT molecular complexity index is 835. The first-order chi connectivity index (χ1) is 12.5. The molecule has 0 bridgehead atoms. The van der Waals surface area contributed by atoms with E-state index in [-0.39, 0.29) is 11.6 Å². The van der Waals surface area contributed by atoms with Gasteiger partial charge in [0, 0.05) is 24.1 Å². The first kappa shape index (κ1) is 18.1. The lowest BCUT2D eigenvalue weighted by molar-refractivity contribution is -0.905. The highest BCUT2D eigenvalue weighted by molar-refractivity contribution is 5.92. The Morgan fingerprint density at radius 2 is 2.08 bits per heavy atom. The minimum Gasteiger partial charge on any atom is -0.323 e. The average Bonchev–Trinajstić information content (AvgIpc) is 2.62. The van der Waals surface area contributed by atoms with Crippen LogP contribution in [0.1, 0.15) is 35.6 Å². The molecule has 1 unspecified atom stereocenters. The lowest BCUT2D eigenvalue weighted by Gasteiger charge is -2.30. The number of carbonyl (C=O) groups is 1. The number of hydrogen-bond acceptors (Lipinski definition) is 3. The summed E-state index contributed by atoms with van der Waals surface area (Å²) in [5.74, 6) is -0.130. The summed E-state index contributed by atoms with van der Waals surface area (Å²) >= 11 is 0. The van der Waals surface area contributed by atoms with Crippen LogP contribution in [0.3, 0.4) is 0 Å². The molecule has 1 amide bonds. The zero-order valence-electron chi connectivity index (χ0n) is 15.1. The highest BCUT2D eigenvalue weighted by Gasteiger charge is 2.28. The van der Waals surface area contributed by atoms with E-state index in [1.54, 1.807) is 6.07 Å². The molecule has 136 valence electrons. The Morgan fingerprint density at radius 1 is 1.31 bits per heavy atom. The van der Waals surface area contributed by atoms with Gasteiger partial charge in [-0.2, -0.15) is 0 Å². The third-order valence-electron chi connectivity index (χ3n) is 5.11. The molecule has 0 radical (unpaired) electrons. The highest BCUT2D eigenvalue weighted by Crippen LogP contribution is 2.27. The largest absolute Gasteiger partial charge is 0.323 e. The second kappa shape index (κ2) is 7.66. The van der Waals surface area contributed by atoms with Crippen molar-refractivity contribution in [2.45, 2.75) is 32.2 Å². The number of anilines is 1. The molecule has 0 saturated heterocycles. The molecule has 2 atom stereocenters. The number of carbonyl (C=O) groups excluding carboxylic acids is 1. The maximum atomic E-state index is 12.5. The molecule has 26 heavy (non-hydrogen) atoms. The summed E-state index contributed by atoms with van der Waals surface area (Å²) in [6, 6.07) is 13.3. The molecular weight excluding hydrogens is 330 g/mol. The van der Waals surface area contributed by atoms with Crippen LogP contribution in [-0.4, -0.2) is 24.4 Å². The Kier molecular flexibility index (Phi) is 5.32. The predicted molar refractivity (Wildman–Crippen MR) is 100 cm³/mol. The van der Waals surface area contributed by atoms with Crippen LogP contribution in [0.2, 0.25) is 0 Å². The second-order valence-electron chi connectivity index (χ2n) is 6.97. The van der Waals surface area contributed by atoms with Crippen molar-refractivity contribution < 1.29 is 14.6 Å². The predicted octanol–water partition coefficient (Wildman–Crippen LogP) is 2.43. The SMILES string of the molecule is Cc1ccc([N+](=O)[O-])cc1NC(=O)C[NH+](C)[C@H]1CCCc2ccccc21. The maximum absolute atomic E-state index is 12.5. The van der Waals surface area contributed by atoms with Gasteiger partial charge >= 0.3 is 0 Å². The van der Waals surface area contributed by atoms with Crippen molar-refractivity contribution in [3.8, 4) is 0 Å². The number of hydrogen-bond donors (Lipinski definition) is 2. The fourth-order valence-corrected chi connectivity index (χ4v) is 3.69. The number of nitro groups is 1. The van der Waals surface area contributed by atoms with E-state index in [2.05, 4.69) is 29.6 Å². The third kappa shape index (κ3) is 3.91. The van der Waals surface area contributed by atoms with Gasteiger partial charge in [-0.25, -0.2) is 0 Å². The Balaban J connectivity index is 1.69. The van der Waals surface area contributed by atoms with E-state index < -0.39 is 4.92 Å². The molecule has 6 nitrogen and oxygen atoms in total. The van der Waals surface area contributed by atoms with E-state index in [4.69, 9.17) is 0 Å². The molecule has 2 aromatic rings. The number of non-ortho nitro benzene ring substituents is 1. The first-order valence-electron chi connectivity index (χ1n) is 8.90. The van der Waals surface area contributed by atoms with Crippen molar-refractivity contribution in [1.82, 2.24) is 0 Å². The molecular formula is C20H24N3O3+. The number of quaternary nitrogens is 1. The standard InChI is InChI=1S/C20H23N3O3/c1-14-10-11-16(23(25)26)12-18(14)21-20(24)13-22(2)19-9-5-7-15-6-3-4-8-17(15)19/h3-4,6,8,10-12,19H,5,7,9,13H2,1-2H3,(H,21,24)/p+1/t19-/m0/s1. The topological polar surface area (TPSA) is 76.7 Å². The number of likely N-dealkylation sites (N-methyl/N-ethyl adjacent to an activating group) is 1. The van der Waals surface area contributed by atoms with Gasteiger partial charge in [0.25, 0.3) is 11.6 Å². The van der Waals surface area contributed by atoms with Crippen LogP contribution in [-0.2, 0) is 11.2 Å². The minimum absolute atomic E-state index is 0.0205. The second-order valence-corrected chi connectivity index (χ2v) is 6.97. The molecule has 2 aromatic carbocycles. The van der Waals surface area contributed by atoms with Crippen LogP contribution >= 0.6 is 0 Å².